The van der Waals surface area contributed by atoms with Gasteiger partial charge in [0.05, 0.1) is 12.3 Å². The van der Waals surface area contributed by atoms with Gasteiger partial charge in [-0.15, -0.1) is 0 Å². The van der Waals surface area contributed by atoms with E-state index in [1.54, 1.807) is 0 Å². The summed E-state index contributed by atoms with van der Waals surface area (Å²) in [6, 6.07) is 8.05. The molecule has 1 aliphatic rings. The number of unbranched alkanes of at least 4 members (excludes halogenated alkanes) is 6. The van der Waals surface area contributed by atoms with Crippen molar-refractivity contribution in [2.24, 2.45) is 0 Å². The minimum Gasteiger partial charge on any atom is -0.393 e. The predicted molar refractivity (Wildman–Crippen MR) is 117 cm³/mol. The van der Waals surface area contributed by atoms with Gasteiger partial charge in [0, 0.05) is 19.6 Å². The molecule has 2 rings (SSSR count). The lowest BCUT2D eigenvalue weighted by Crippen LogP contribution is -2.32. The van der Waals surface area contributed by atoms with Crippen molar-refractivity contribution in [1.29, 1.82) is 0 Å². The molecule has 0 bridgehead atoms. The van der Waals surface area contributed by atoms with Crippen LogP contribution in [0.25, 0.3) is 0 Å². The Morgan fingerprint density at radius 3 is 2.00 bits per heavy atom. The first-order chi connectivity index (χ1) is 14.5. The van der Waals surface area contributed by atoms with Gasteiger partial charge in [0.2, 0.25) is 0 Å². The van der Waals surface area contributed by atoms with Crippen LogP contribution in [0.4, 0.5) is 0 Å². The van der Waals surface area contributed by atoms with Crippen LogP contribution in [0, 0.1) is 0 Å². The average Bonchev–Trinajstić information content (AvgIpc) is 3.05. The van der Waals surface area contributed by atoms with Crippen LogP contribution in [0.3, 0.4) is 0 Å². The van der Waals surface area contributed by atoms with Gasteiger partial charge in [0.15, 0.2) is 5.79 Å². The van der Waals surface area contributed by atoms with E-state index in [0.29, 0.717) is 13.2 Å². The van der Waals surface area contributed by atoms with Crippen LogP contribution in [0.2, 0.25) is 0 Å². The maximum absolute atomic E-state index is 11.7. The molecule has 1 fully saturated rings. The molecule has 0 saturated carbocycles. The lowest BCUT2D eigenvalue weighted by atomic mass is 9.95. The third-order valence-corrected chi connectivity index (χ3v) is 5.75. The summed E-state index contributed by atoms with van der Waals surface area (Å²) in [6.07, 6.45) is 10.8. The largest absolute Gasteiger partial charge is 0.393 e. The van der Waals surface area contributed by atoms with Crippen molar-refractivity contribution >= 4 is 11.9 Å². The molecule has 30 heavy (non-hydrogen) atoms. The number of hydrogen-bond acceptors (Lipinski definition) is 5. The first-order valence-electron chi connectivity index (χ1n) is 11.6. The SMILES string of the molecule is CCOC(C)(CCCCCCCCCc1ccc(C2CC(=O)OC2=O)cc1)OCC. The van der Waals surface area contributed by atoms with E-state index in [4.69, 9.17) is 9.47 Å². The van der Waals surface area contributed by atoms with Crippen LogP contribution >= 0.6 is 0 Å². The summed E-state index contributed by atoms with van der Waals surface area (Å²) < 4.78 is 16.1. The Labute approximate surface area is 181 Å². The summed E-state index contributed by atoms with van der Waals surface area (Å²) in [5.74, 6) is -1.70. The average molecular weight is 419 g/mol. The number of ether oxygens (including phenoxy) is 3. The highest BCUT2D eigenvalue weighted by atomic mass is 16.7. The molecule has 1 saturated heterocycles. The van der Waals surface area contributed by atoms with Crippen LogP contribution < -0.4 is 0 Å². The van der Waals surface area contributed by atoms with E-state index in [1.807, 2.05) is 32.9 Å². The highest BCUT2D eigenvalue weighted by molar-refractivity contribution is 5.97. The van der Waals surface area contributed by atoms with Gasteiger partial charge in [-0.25, -0.2) is 0 Å². The molecule has 1 aliphatic heterocycles. The summed E-state index contributed by atoms with van der Waals surface area (Å²) in [5.41, 5.74) is 2.15. The fraction of sp³-hybridized carbons (Fsp3) is 0.680. The van der Waals surface area contributed by atoms with E-state index in [9.17, 15) is 9.59 Å². The normalized spacial score (nSPS) is 16.8. The molecule has 0 aliphatic carbocycles. The van der Waals surface area contributed by atoms with E-state index in [0.717, 1.165) is 24.8 Å². The van der Waals surface area contributed by atoms with Gasteiger partial charge in [-0.3, -0.25) is 9.59 Å². The Bertz CT molecular complexity index is 646. The second kappa shape index (κ2) is 12.9. The van der Waals surface area contributed by atoms with Gasteiger partial charge in [-0.2, -0.15) is 0 Å². The second-order valence-electron chi connectivity index (χ2n) is 8.27. The first-order valence-corrected chi connectivity index (χ1v) is 11.6. The number of carbonyl (C=O) groups excluding carboxylic acids is 2. The van der Waals surface area contributed by atoms with Crippen LogP contribution in [-0.4, -0.2) is 30.9 Å². The van der Waals surface area contributed by atoms with Crippen molar-refractivity contribution in [2.45, 2.75) is 96.7 Å². The minimum atomic E-state index is -0.425. The van der Waals surface area contributed by atoms with E-state index in [-0.39, 0.29) is 6.42 Å². The Hall–Kier alpha value is -1.72. The highest BCUT2D eigenvalue weighted by Gasteiger charge is 2.34. The second-order valence-corrected chi connectivity index (χ2v) is 8.27. The predicted octanol–water partition coefficient (Wildman–Crippen LogP) is 5.70. The molecule has 0 radical (unpaired) electrons. The summed E-state index contributed by atoms with van der Waals surface area (Å²) in [5, 5.41) is 0. The topological polar surface area (TPSA) is 61.8 Å². The van der Waals surface area contributed by atoms with E-state index >= 15 is 0 Å². The summed E-state index contributed by atoms with van der Waals surface area (Å²) >= 11 is 0. The fourth-order valence-corrected chi connectivity index (χ4v) is 4.10. The minimum absolute atomic E-state index is 0.161. The molecule has 0 N–H and O–H groups in total. The third kappa shape index (κ3) is 8.19. The molecule has 5 heteroatoms. The number of cyclic esters (lactones) is 2. The number of carbonyl (C=O) groups is 2. The molecule has 168 valence electrons. The molecule has 1 heterocycles. The number of esters is 2. The van der Waals surface area contributed by atoms with Crippen molar-refractivity contribution in [3.63, 3.8) is 0 Å². The van der Waals surface area contributed by atoms with Crippen molar-refractivity contribution in [2.75, 3.05) is 13.2 Å². The van der Waals surface area contributed by atoms with Crippen LogP contribution in [-0.2, 0) is 30.2 Å². The number of benzene rings is 1. The molecule has 0 spiro atoms. The molecular formula is C25H38O5. The third-order valence-electron chi connectivity index (χ3n) is 5.75. The van der Waals surface area contributed by atoms with Crippen molar-refractivity contribution in [3.8, 4) is 0 Å². The van der Waals surface area contributed by atoms with E-state index < -0.39 is 23.6 Å². The smallest absolute Gasteiger partial charge is 0.321 e. The van der Waals surface area contributed by atoms with Crippen LogP contribution in [0.15, 0.2) is 24.3 Å². The van der Waals surface area contributed by atoms with Gasteiger partial charge >= 0.3 is 11.9 Å². The Kier molecular flexibility index (Phi) is 10.5. The molecule has 1 atom stereocenters. The molecule has 0 amide bonds. The van der Waals surface area contributed by atoms with Gasteiger partial charge in [-0.1, -0.05) is 56.4 Å². The maximum Gasteiger partial charge on any atom is 0.321 e. The van der Waals surface area contributed by atoms with E-state index in [2.05, 4.69) is 16.9 Å². The van der Waals surface area contributed by atoms with Crippen molar-refractivity contribution in [1.82, 2.24) is 0 Å². The summed E-state index contributed by atoms with van der Waals surface area (Å²) in [7, 11) is 0. The maximum atomic E-state index is 11.7. The number of hydrogen-bond donors (Lipinski definition) is 0. The molecule has 5 nitrogen and oxygen atoms in total. The molecule has 1 aromatic carbocycles. The highest BCUT2D eigenvalue weighted by Crippen LogP contribution is 2.28. The first kappa shape index (κ1) is 24.5. The quantitative estimate of drug-likeness (QED) is 0.158. The van der Waals surface area contributed by atoms with E-state index in [1.165, 1.54) is 44.1 Å². The molecule has 1 aromatic rings. The van der Waals surface area contributed by atoms with Crippen LogP contribution in [0.5, 0.6) is 0 Å². The van der Waals surface area contributed by atoms with Gasteiger partial charge in [-0.05, 0) is 51.2 Å². The number of aryl methyl sites for hydroxylation is 1. The van der Waals surface area contributed by atoms with Gasteiger partial charge in [0.1, 0.15) is 0 Å². The van der Waals surface area contributed by atoms with Crippen molar-refractivity contribution in [3.05, 3.63) is 35.4 Å². The monoisotopic (exact) mass is 418 g/mol. The number of rotatable bonds is 15. The molecular weight excluding hydrogens is 380 g/mol. The molecule has 0 aromatic heterocycles. The Morgan fingerprint density at radius 2 is 1.47 bits per heavy atom. The zero-order chi connectivity index (χ0) is 21.8. The van der Waals surface area contributed by atoms with Crippen molar-refractivity contribution < 1.29 is 23.8 Å². The fourth-order valence-electron chi connectivity index (χ4n) is 4.10. The summed E-state index contributed by atoms with van der Waals surface area (Å²) in [6.45, 7) is 7.45. The summed E-state index contributed by atoms with van der Waals surface area (Å²) in [4.78, 5) is 22.9. The lowest BCUT2D eigenvalue weighted by Gasteiger charge is -2.29. The Balaban J connectivity index is 1.54. The zero-order valence-corrected chi connectivity index (χ0v) is 18.9. The van der Waals surface area contributed by atoms with Crippen LogP contribution in [0.1, 0.15) is 95.6 Å². The lowest BCUT2D eigenvalue weighted by molar-refractivity contribution is -0.225. The Morgan fingerprint density at radius 1 is 0.900 bits per heavy atom. The molecule has 1 unspecified atom stereocenters. The van der Waals surface area contributed by atoms with Gasteiger partial charge in [0.25, 0.3) is 0 Å². The zero-order valence-electron chi connectivity index (χ0n) is 18.9. The van der Waals surface area contributed by atoms with Gasteiger partial charge < -0.3 is 14.2 Å². The standard InChI is InChI=1S/C25H38O5/c1-4-28-25(3,29-5-2)18-12-10-8-6-7-9-11-13-20-14-16-21(17-15-20)22-19-23(26)30-24(22)27/h14-17,22H,4-13,18-19H2,1-3H3.